The summed E-state index contributed by atoms with van der Waals surface area (Å²) in [5.41, 5.74) is 0.910. The first-order valence-electron chi connectivity index (χ1n) is 12.4. The number of aliphatic carboxylic acids is 2. The Balaban J connectivity index is 2.51. The summed E-state index contributed by atoms with van der Waals surface area (Å²) in [5.74, 6) is -7.81. The molecule has 1 aliphatic heterocycles. The lowest BCUT2D eigenvalue weighted by Crippen LogP contribution is -2.78. The number of benzene rings is 2. The van der Waals surface area contributed by atoms with E-state index in [1.165, 1.54) is 51.1 Å². The maximum Gasteiger partial charge on any atom is 0.416 e. The van der Waals surface area contributed by atoms with E-state index in [2.05, 4.69) is 0 Å². The summed E-state index contributed by atoms with van der Waals surface area (Å²) in [4.78, 5) is 40.6. The molecule has 40 heavy (non-hydrogen) atoms. The van der Waals surface area contributed by atoms with Gasteiger partial charge < -0.3 is 35.2 Å². The van der Waals surface area contributed by atoms with Crippen LogP contribution in [-0.4, -0.2) is 37.2 Å². The highest BCUT2D eigenvalue weighted by Gasteiger charge is 2.67. The van der Waals surface area contributed by atoms with Crippen LogP contribution in [0.15, 0.2) is 48.5 Å². The van der Waals surface area contributed by atoms with Gasteiger partial charge in [-0.2, -0.15) is 18.4 Å². The molecule has 0 bridgehead atoms. The number of carbonyl (C=O) groups excluding carboxylic acids is 3. The number of carbonyl (C=O) groups is 3. The molecule has 0 spiro atoms. The lowest BCUT2D eigenvalue weighted by Gasteiger charge is -2.66. The zero-order valence-corrected chi connectivity index (χ0v) is 22.2. The predicted octanol–water partition coefficient (Wildman–Crippen LogP) is 1.55. The molecule has 2 aromatic carbocycles. The Hall–Kier alpha value is -4.11. The van der Waals surface area contributed by atoms with Gasteiger partial charge in [-0.3, -0.25) is 4.79 Å². The van der Waals surface area contributed by atoms with Gasteiger partial charge in [-0.25, -0.2) is 0 Å². The topological polar surface area (TPSA) is 160 Å². The number of esters is 1. The highest BCUT2D eigenvalue weighted by molar-refractivity contribution is 5.89. The highest BCUT2D eigenvalue weighted by Crippen LogP contribution is 2.62. The van der Waals surface area contributed by atoms with Crippen molar-refractivity contribution in [1.29, 1.82) is 5.26 Å². The quantitative estimate of drug-likeness (QED) is 0.497. The average Bonchev–Trinajstić information content (AvgIpc) is 2.91. The second-order valence-electron chi connectivity index (χ2n) is 9.89. The molecular formula is C28H28F3N3O6-2. The standard InChI is InChI=1S/C28H30F3N3O6/c1-5-26(24(36)37)21(18-11-9-17(14-32)10-12-18)27(25(38)39,15(2)22(35)40-4)16(3)34(23(26)33)20-8-6-7-19(13-20)28(29,30)31/h6-13,15-16,21,23H,5,33H2,1-4H3,(H,36,37)(H,38,39)/p-2/t15-,16?,21?,23?,26?,27?/m0/s1. The van der Waals surface area contributed by atoms with Crippen LogP contribution in [0.25, 0.3) is 0 Å². The number of ether oxygens (including phenoxy) is 1. The maximum absolute atomic E-state index is 13.6. The number of hydrogen-bond acceptors (Lipinski definition) is 9. The van der Waals surface area contributed by atoms with Gasteiger partial charge in [0.1, 0.15) is 0 Å². The van der Waals surface area contributed by atoms with Crippen LogP contribution in [0.4, 0.5) is 18.9 Å². The van der Waals surface area contributed by atoms with E-state index in [1.807, 2.05) is 6.07 Å². The minimum atomic E-state index is -4.77. The van der Waals surface area contributed by atoms with E-state index in [9.17, 15) is 43.0 Å². The van der Waals surface area contributed by atoms with E-state index in [1.54, 1.807) is 0 Å². The SMILES string of the molecule is CCC1(C(=O)[O-])C(N)N(c2cccc(C(F)(F)F)c2)C(C)C(C(=O)[O-])([C@@H](C)C(=O)OC)C1c1ccc(C#N)cc1. The molecule has 214 valence electrons. The Morgan fingerprint density at radius 2 is 1.75 bits per heavy atom. The number of nitrogens with zero attached hydrogens (tertiary/aromatic N) is 2. The third-order valence-electron chi connectivity index (χ3n) is 8.36. The van der Waals surface area contributed by atoms with Crippen molar-refractivity contribution in [2.24, 2.45) is 22.5 Å². The van der Waals surface area contributed by atoms with E-state index < -0.39 is 64.5 Å². The Labute approximate surface area is 228 Å². The molecule has 0 aromatic heterocycles. The summed E-state index contributed by atoms with van der Waals surface area (Å²) in [6.45, 7) is 3.99. The molecule has 2 aromatic rings. The van der Waals surface area contributed by atoms with Crippen LogP contribution in [-0.2, 0) is 25.3 Å². The molecule has 0 aliphatic carbocycles. The average molecular weight is 560 g/mol. The van der Waals surface area contributed by atoms with Crippen molar-refractivity contribution in [2.45, 2.75) is 51.5 Å². The van der Waals surface area contributed by atoms with Gasteiger partial charge in [-0.05, 0) is 49.2 Å². The van der Waals surface area contributed by atoms with Crippen LogP contribution in [0.1, 0.15) is 49.8 Å². The minimum absolute atomic E-state index is 0.107. The zero-order valence-electron chi connectivity index (χ0n) is 22.2. The lowest BCUT2D eigenvalue weighted by atomic mass is 9.48. The molecule has 1 aliphatic rings. The van der Waals surface area contributed by atoms with Crippen molar-refractivity contribution in [3.63, 3.8) is 0 Å². The number of nitrogens with two attached hydrogens (primary N) is 1. The van der Waals surface area contributed by atoms with Crippen molar-refractivity contribution in [2.75, 3.05) is 12.0 Å². The monoisotopic (exact) mass is 559 g/mol. The molecule has 1 fully saturated rings. The molecule has 1 heterocycles. The molecule has 2 N–H and O–H groups in total. The smallest absolute Gasteiger partial charge is 0.416 e. The van der Waals surface area contributed by atoms with E-state index in [-0.39, 0.29) is 23.2 Å². The number of alkyl halides is 3. The number of carboxylic acids is 2. The van der Waals surface area contributed by atoms with Gasteiger partial charge in [0, 0.05) is 17.6 Å². The third kappa shape index (κ3) is 4.44. The van der Waals surface area contributed by atoms with Gasteiger partial charge in [0.05, 0.1) is 59.2 Å². The fourth-order valence-electron chi connectivity index (χ4n) is 6.35. The van der Waals surface area contributed by atoms with Crippen molar-refractivity contribution in [3.05, 3.63) is 65.2 Å². The molecule has 3 rings (SSSR count). The number of carboxylic acid groups (broad SMARTS) is 2. The molecule has 9 nitrogen and oxygen atoms in total. The van der Waals surface area contributed by atoms with Gasteiger partial charge in [0.15, 0.2) is 0 Å². The minimum Gasteiger partial charge on any atom is -0.549 e. The summed E-state index contributed by atoms with van der Waals surface area (Å²) in [5, 5.41) is 35.7. The van der Waals surface area contributed by atoms with Gasteiger partial charge in [0.25, 0.3) is 0 Å². The Bertz CT molecular complexity index is 1340. The molecule has 1 saturated heterocycles. The molecule has 0 saturated carbocycles. The van der Waals surface area contributed by atoms with Crippen LogP contribution in [0, 0.1) is 28.1 Å². The van der Waals surface area contributed by atoms with Gasteiger partial charge >= 0.3 is 12.1 Å². The summed E-state index contributed by atoms with van der Waals surface area (Å²) in [6, 6.07) is 9.79. The molecule has 5 unspecified atom stereocenters. The fourth-order valence-corrected chi connectivity index (χ4v) is 6.35. The molecular weight excluding hydrogens is 531 g/mol. The van der Waals surface area contributed by atoms with Crippen LogP contribution < -0.4 is 20.8 Å². The first-order valence-corrected chi connectivity index (χ1v) is 12.4. The Morgan fingerprint density at radius 1 is 1.15 bits per heavy atom. The zero-order chi connectivity index (χ0) is 30.2. The van der Waals surface area contributed by atoms with Crippen molar-refractivity contribution >= 4 is 23.6 Å². The number of rotatable bonds is 7. The van der Waals surface area contributed by atoms with E-state index >= 15 is 0 Å². The number of nitriles is 1. The number of methoxy groups -OCH3 is 1. The van der Waals surface area contributed by atoms with Crippen LogP contribution >= 0.6 is 0 Å². The van der Waals surface area contributed by atoms with Crippen molar-refractivity contribution in [3.8, 4) is 6.07 Å². The summed E-state index contributed by atoms with van der Waals surface area (Å²) < 4.78 is 45.8. The number of halogens is 3. The highest BCUT2D eigenvalue weighted by atomic mass is 19.4. The van der Waals surface area contributed by atoms with Gasteiger partial charge in [-0.1, -0.05) is 32.0 Å². The van der Waals surface area contributed by atoms with Crippen LogP contribution in [0.2, 0.25) is 0 Å². The third-order valence-corrected chi connectivity index (χ3v) is 8.36. The predicted molar refractivity (Wildman–Crippen MR) is 132 cm³/mol. The molecule has 6 atom stereocenters. The van der Waals surface area contributed by atoms with Gasteiger partial charge in [-0.15, -0.1) is 0 Å². The Morgan fingerprint density at radius 3 is 2.20 bits per heavy atom. The summed E-state index contributed by atoms with van der Waals surface area (Å²) in [6.07, 6.45) is -6.74. The van der Waals surface area contributed by atoms with Crippen LogP contribution in [0.5, 0.6) is 0 Å². The van der Waals surface area contributed by atoms with Crippen molar-refractivity contribution < 1.29 is 42.5 Å². The largest absolute Gasteiger partial charge is 0.549 e. The van der Waals surface area contributed by atoms with Crippen LogP contribution in [0.3, 0.4) is 0 Å². The number of anilines is 1. The van der Waals surface area contributed by atoms with E-state index in [0.29, 0.717) is 0 Å². The fraction of sp³-hybridized carbons (Fsp3) is 0.429. The molecule has 0 radical (unpaired) electrons. The number of piperidine rings is 1. The first-order chi connectivity index (χ1) is 18.7. The van der Waals surface area contributed by atoms with Gasteiger partial charge in [0.2, 0.25) is 0 Å². The van der Waals surface area contributed by atoms with E-state index in [0.717, 1.165) is 30.2 Å². The normalized spacial score (nSPS) is 27.4. The van der Waals surface area contributed by atoms with E-state index in [4.69, 9.17) is 10.5 Å². The molecule has 12 heteroatoms. The summed E-state index contributed by atoms with van der Waals surface area (Å²) >= 11 is 0. The second-order valence-corrected chi connectivity index (χ2v) is 9.89. The van der Waals surface area contributed by atoms with Crippen molar-refractivity contribution in [1.82, 2.24) is 0 Å². The first kappa shape index (κ1) is 30.4. The second kappa shape index (κ2) is 10.8. The Kier molecular flexibility index (Phi) is 8.22. The lowest BCUT2D eigenvalue weighted by molar-refractivity contribution is -0.338. The molecule has 0 amide bonds. The maximum atomic E-state index is 13.6. The summed E-state index contributed by atoms with van der Waals surface area (Å²) in [7, 11) is 1.02. The number of hydrogen-bond donors (Lipinski definition) is 1.